The molecule has 2 rings (SSSR count). The van der Waals surface area contributed by atoms with Gasteiger partial charge in [-0.1, -0.05) is 37.3 Å². The topological polar surface area (TPSA) is 59.9 Å². The summed E-state index contributed by atoms with van der Waals surface area (Å²) in [6.45, 7) is 10.1. The number of likely N-dealkylation sites (tertiary alicyclic amines) is 1. The van der Waals surface area contributed by atoms with Gasteiger partial charge in [0.25, 0.3) is 0 Å². The molecule has 0 amide bonds. The molecule has 0 aliphatic carbocycles. The summed E-state index contributed by atoms with van der Waals surface area (Å²) in [5, 5.41) is 16.0. The van der Waals surface area contributed by atoms with Gasteiger partial charge in [0.15, 0.2) is 5.96 Å². The summed E-state index contributed by atoms with van der Waals surface area (Å²) < 4.78 is 0. The number of aliphatic hydroxyl groups excluding tert-OH is 1. The van der Waals surface area contributed by atoms with E-state index in [1.54, 1.807) is 0 Å². The van der Waals surface area contributed by atoms with Gasteiger partial charge in [-0.05, 0) is 31.7 Å². The van der Waals surface area contributed by atoms with Crippen LogP contribution in [0.4, 0.5) is 0 Å². The monoisotopic (exact) mass is 332 g/mol. The number of hydrogen-bond donors (Lipinski definition) is 3. The van der Waals surface area contributed by atoms with Gasteiger partial charge >= 0.3 is 0 Å². The number of nitrogens with one attached hydrogen (secondary N) is 2. The van der Waals surface area contributed by atoms with E-state index >= 15 is 0 Å². The number of aliphatic hydroxyl groups is 1. The summed E-state index contributed by atoms with van der Waals surface area (Å²) in [5.41, 5.74) is 1.36. The summed E-state index contributed by atoms with van der Waals surface area (Å²) in [4.78, 5) is 7.12. The van der Waals surface area contributed by atoms with Crippen molar-refractivity contribution >= 4 is 5.96 Å². The van der Waals surface area contributed by atoms with E-state index in [1.165, 1.54) is 5.56 Å². The minimum Gasteiger partial charge on any atom is -0.396 e. The van der Waals surface area contributed by atoms with E-state index in [2.05, 4.69) is 64.7 Å². The molecule has 134 valence electrons. The molecule has 0 bridgehead atoms. The van der Waals surface area contributed by atoms with Crippen LogP contribution < -0.4 is 10.6 Å². The van der Waals surface area contributed by atoms with E-state index in [0.717, 1.165) is 32.0 Å². The van der Waals surface area contributed by atoms with Crippen molar-refractivity contribution in [1.82, 2.24) is 15.5 Å². The molecule has 1 heterocycles. The van der Waals surface area contributed by atoms with E-state index in [4.69, 9.17) is 5.11 Å². The van der Waals surface area contributed by atoms with Gasteiger partial charge < -0.3 is 15.7 Å². The molecular formula is C19H32N4O. The van der Waals surface area contributed by atoms with Gasteiger partial charge in [-0.15, -0.1) is 0 Å². The third kappa shape index (κ3) is 5.80. The van der Waals surface area contributed by atoms with Crippen molar-refractivity contribution in [3.63, 3.8) is 0 Å². The van der Waals surface area contributed by atoms with Gasteiger partial charge in [-0.2, -0.15) is 0 Å². The van der Waals surface area contributed by atoms with Crippen LogP contribution in [0.3, 0.4) is 0 Å². The standard InChI is InChI=1S/C19H32N4O/c1-4-20-19(21-11-15(2)14-24)22-18-10-16(3)23(13-18)12-17-8-6-5-7-9-17/h5-9,15-16,18,24H,4,10-14H2,1-3H3,(H2,20,21,22). The minimum absolute atomic E-state index is 0.175. The van der Waals surface area contributed by atoms with E-state index < -0.39 is 0 Å². The Morgan fingerprint density at radius 1 is 1.38 bits per heavy atom. The molecule has 1 aliphatic heterocycles. The first-order valence-corrected chi connectivity index (χ1v) is 9.06. The summed E-state index contributed by atoms with van der Waals surface area (Å²) in [7, 11) is 0. The lowest BCUT2D eigenvalue weighted by Crippen LogP contribution is -2.44. The molecule has 0 aromatic heterocycles. The molecule has 1 fully saturated rings. The van der Waals surface area contributed by atoms with Gasteiger partial charge in [0.1, 0.15) is 0 Å². The van der Waals surface area contributed by atoms with Crippen LogP contribution in [-0.2, 0) is 6.54 Å². The molecule has 1 aliphatic rings. The van der Waals surface area contributed by atoms with E-state index in [-0.39, 0.29) is 12.5 Å². The molecular weight excluding hydrogens is 300 g/mol. The maximum absolute atomic E-state index is 9.15. The fourth-order valence-corrected chi connectivity index (χ4v) is 3.06. The first kappa shape index (κ1) is 18.7. The first-order chi connectivity index (χ1) is 11.6. The largest absolute Gasteiger partial charge is 0.396 e. The predicted octanol–water partition coefficient (Wildman–Crippen LogP) is 1.83. The van der Waals surface area contributed by atoms with Gasteiger partial charge in [-0.3, -0.25) is 9.89 Å². The molecule has 0 spiro atoms. The Kier molecular flexibility index (Phi) is 7.53. The highest BCUT2D eigenvalue weighted by atomic mass is 16.3. The van der Waals surface area contributed by atoms with Crippen LogP contribution in [0.2, 0.25) is 0 Å². The second-order valence-electron chi connectivity index (χ2n) is 6.85. The highest BCUT2D eigenvalue weighted by Gasteiger charge is 2.29. The lowest BCUT2D eigenvalue weighted by molar-refractivity contribution is 0.241. The third-order valence-electron chi connectivity index (χ3n) is 4.49. The number of hydrogen-bond acceptors (Lipinski definition) is 3. The van der Waals surface area contributed by atoms with Gasteiger partial charge in [0.05, 0.1) is 0 Å². The fourth-order valence-electron chi connectivity index (χ4n) is 3.06. The average Bonchev–Trinajstić information content (AvgIpc) is 2.92. The minimum atomic E-state index is 0.175. The smallest absolute Gasteiger partial charge is 0.191 e. The van der Waals surface area contributed by atoms with E-state index in [9.17, 15) is 0 Å². The van der Waals surface area contributed by atoms with Crippen LogP contribution in [-0.4, -0.2) is 54.3 Å². The maximum Gasteiger partial charge on any atom is 0.191 e. The zero-order chi connectivity index (χ0) is 17.4. The zero-order valence-corrected chi connectivity index (χ0v) is 15.2. The normalized spacial score (nSPS) is 23.2. The van der Waals surface area contributed by atoms with Crippen molar-refractivity contribution in [3.05, 3.63) is 35.9 Å². The Hall–Kier alpha value is -1.59. The summed E-state index contributed by atoms with van der Waals surface area (Å²) in [6.07, 6.45) is 1.12. The van der Waals surface area contributed by atoms with Crippen molar-refractivity contribution in [2.75, 3.05) is 26.2 Å². The van der Waals surface area contributed by atoms with Gasteiger partial charge in [-0.25, -0.2) is 0 Å². The molecule has 1 aromatic rings. The summed E-state index contributed by atoms with van der Waals surface area (Å²) in [5.74, 6) is 1.05. The molecule has 0 radical (unpaired) electrons. The zero-order valence-electron chi connectivity index (χ0n) is 15.2. The number of benzene rings is 1. The van der Waals surface area contributed by atoms with Crippen molar-refractivity contribution in [2.24, 2.45) is 10.9 Å². The number of guanidine groups is 1. The van der Waals surface area contributed by atoms with Crippen LogP contribution in [0.5, 0.6) is 0 Å². The van der Waals surface area contributed by atoms with Gasteiger partial charge in [0, 0.05) is 44.9 Å². The predicted molar refractivity (Wildman–Crippen MR) is 100 cm³/mol. The van der Waals surface area contributed by atoms with Crippen molar-refractivity contribution in [2.45, 2.75) is 45.8 Å². The molecule has 1 aromatic carbocycles. The second-order valence-corrected chi connectivity index (χ2v) is 6.85. The average molecular weight is 332 g/mol. The van der Waals surface area contributed by atoms with Crippen LogP contribution >= 0.6 is 0 Å². The Morgan fingerprint density at radius 2 is 2.12 bits per heavy atom. The van der Waals surface area contributed by atoms with Crippen LogP contribution in [0.15, 0.2) is 35.3 Å². The Morgan fingerprint density at radius 3 is 2.79 bits per heavy atom. The summed E-state index contributed by atoms with van der Waals surface area (Å²) in [6, 6.07) is 11.6. The quantitative estimate of drug-likeness (QED) is 0.527. The molecule has 3 N–H and O–H groups in total. The van der Waals surface area contributed by atoms with Crippen molar-refractivity contribution in [1.29, 1.82) is 0 Å². The van der Waals surface area contributed by atoms with Gasteiger partial charge in [0.2, 0.25) is 0 Å². The maximum atomic E-state index is 9.15. The Balaban J connectivity index is 1.89. The molecule has 3 unspecified atom stereocenters. The highest BCUT2D eigenvalue weighted by Crippen LogP contribution is 2.20. The molecule has 24 heavy (non-hydrogen) atoms. The van der Waals surface area contributed by atoms with E-state index in [0.29, 0.717) is 18.6 Å². The first-order valence-electron chi connectivity index (χ1n) is 9.06. The number of nitrogens with zero attached hydrogens (tertiary/aromatic N) is 2. The Bertz CT molecular complexity index is 505. The van der Waals surface area contributed by atoms with Crippen LogP contribution in [0.25, 0.3) is 0 Å². The van der Waals surface area contributed by atoms with Crippen LogP contribution in [0.1, 0.15) is 32.8 Å². The summed E-state index contributed by atoms with van der Waals surface area (Å²) >= 11 is 0. The molecule has 1 saturated heterocycles. The van der Waals surface area contributed by atoms with Crippen molar-refractivity contribution in [3.8, 4) is 0 Å². The molecule has 3 atom stereocenters. The number of aliphatic imine (C=N–C) groups is 1. The molecule has 5 nitrogen and oxygen atoms in total. The second kappa shape index (κ2) is 9.64. The Labute approximate surface area is 146 Å². The lowest BCUT2D eigenvalue weighted by atomic mass is 10.2. The fraction of sp³-hybridized carbons (Fsp3) is 0.632. The van der Waals surface area contributed by atoms with E-state index in [1.807, 2.05) is 6.92 Å². The highest BCUT2D eigenvalue weighted by molar-refractivity contribution is 5.80. The molecule has 5 heteroatoms. The third-order valence-corrected chi connectivity index (χ3v) is 4.49. The van der Waals surface area contributed by atoms with Crippen molar-refractivity contribution < 1.29 is 5.11 Å². The number of rotatable bonds is 7. The lowest BCUT2D eigenvalue weighted by Gasteiger charge is -2.21. The molecule has 0 saturated carbocycles. The SMILES string of the molecule is CCNC(=NCC(C)CO)NC1CC(C)N(Cc2ccccc2)C1. The van der Waals surface area contributed by atoms with Crippen LogP contribution in [0, 0.1) is 5.92 Å².